The lowest BCUT2D eigenvalue weighted by Gasteiger charge is -2.21. The van der Waals surface area contributed by atoms with Crippen molar-refractivity contribution in [3.8, 4) is 0 Å². The smallest absolute Gasteiger partial charge is 0.221 e. The van der Waals surface area contributed by atoms with Crippen LogP contribution in [0.15, 0.2) is 85.1 Å². The number of hydrogen-bond donors (Lipinski definition) is 1. The topological polar surface area (TPSA) is 37.3 Å². The van der Waals surface area contributed by atoms with Gasteiger partial charge >= 0.3 is 0 Å². The molecule has 38 heavy (non-hydrogen) atoms. The van der Waals surface area contributed by atoms with Gasteiger partial charge in [0.05, 0.1) is 0 Å². The first-order valence-electron chi connectivity index (χ1n) is 13.9. The maximum absolute atomic E-state index is 15.2. The lowest BCUT2D eigenvalue weighted by molar-refractivity contribution is -0.121. The zero-order valence-corrected chi connectivity index (χ0v) is 22.9. The SMILES string of the molecule is CCN(CC)CCCC(C)NC(=O)CC(c1ccccc1F)c1cn(Cc2ccccc2)c2ccccc12. The van der Waals surface area contributed by atoms with Crippen LogP contribution in [0.4, 0.5) is 4.39 Å². The average Bonchev–Trinajstić information content (AvgIpc) is 3.29. The summed E-state index contributed by atoms with van der Waals surface area (Å²) in [6.07, 6.45) is 4.26. The van der Waals surface area contributed by atoms with E-state index in [0.29, 0.717) is 12.1 Å². The van der Waals surface area contributed by atoms with Crippen molar-refractivity contribution in [2.45, 2.75) is 58.5 Å². The Labute approximate surface area is 226 Å². The predicted molar refractivity (Wildman–Crippen MR) is 155 cm³/mol. The number of nitrogens with one attached hydrogen (secondary N) is 1. The van der Waals surface area contributed by atoms with Gasteiger partial charge < -0.3 is 14.8 Å². The van der Waals surface area contributed by atoms with Crippen LogP contribution in [0.2, 0.25) is 0 Å². The summed E-state index contributed by atoms with van der Waals surface area (Å²) in [6.45, 7) is 10.2. The van der Waals surface area contributed by atoms with E-state index >= 15 is 4.39 Å². The maximum atomic E-state index is 15.2. The molecule has 3 aromatic carbocycles. The predicted octanol–water partition coefficient (Wildman–Crippen LogP) is 6.98. The molecule has 0 aliphatic carbocycles. The van der Waals surface area contributed by atoms with Gasteiger partial charge in [0.2, 0.25) is 5.91 Å². The number of benzene rings is 3. The van der Waals surface area contributed by atoms with Crippen LogP contribution in [-0.4, -0.2) is 41.1 Å². The van der Waals surface area contributed by atoms with Crippen LogP contribution in [0, 0.1) is 5.82 Å². The summed E-state index contributed by atoms with van der Waals surface area (Å²) in [5.74, 6) is -0.716. The molecule has 0 saturated heterocycles. The molecule has 4 nitrogen and oxygen atoms in total. The van der Waals surface area contributed by atoms with E-state index < -0.39 is 0 Å². The largest absolute Gasteiger partial charge is 0.354 e. The van der Waals surface area contributed by atoms with Crippen LogP contribution in [0.5, 0.6) is 0 Å². The number of aromatic nitrogens is 1. The Morgan fingerprint density at radius 1 is 0.921 bits per heavy atom. The van der Waals surface area contributed by atoms with Crippen LogP contribution in [0.25, 0.3) is 10.9 Å². The lowest BCUT2D eigenvalue weighted by atomic mass is 9.87. The number of carbonyl (C=O) groups is 1. The number of amides is 1. The third-order valence-electron chi connectivity index (χ3n) is 7.47. The fourth-order valence-corrected chi connectivity index (χ4v) is 5.36. The molecule has 4 aromatic rings. The first kappa shape index (κ1) is 27.6. The second-order valence-corrected chi connectivity index (χ2v) is 10.1. The van der Waals surface area contributed by atoms with Gasteiger partial charge in [0.25, 0.3) is 0 Å². The molecule has 0 fully saturated rings. The van der Waals surface area contributed by atoms with Gasteiger partial charge in [0, 0.05) is 42.0 Å². The second kappa shape index (κ2) is 13.4. The maximum Gasteiger partial charge on any atom is 0.221 e. The third-order valence-corrected chi connectivity index (χ3v) is 7.47. The van der Waals surface area contributed by atoms with Gasteiger partial charge in [-0.3, -0.25) is 4.79 Å². The summed E-state index contributed by atoms with van der Waals surface area (Å²) in [5, 5.41) is 4.24. The van der Waals surface area contributed by atoms with Crippen molar-refractivity contribution in [3.63, 3.8) is 0 Å². The Morgan fingerprint density at radius 3 is 2.34 bits per heavy atom. The molecule has 0 saturated carbocycles. The van der Waals surface area contributed by atoms with Crippen LogP contribution in [0.1, 0.15) is 62.6 Å². The van der Waals surface area contributed by atoms with Crippen LogP contribution in [0.3, 0.4) is 0 Å². The first-order chi connectivity index (χ1) is 18.5. The molecule has 2 unspecified atom stereocenters. The van der Waals surface area contributed by atoms with Gasteiger partial charge in [0.15, 0.2) is 0 Å². The summed E-state index contributed by atoms with van der Waals surface area (Å²) in [5.41, 5.74) is 3.81. The highest BCUT2D eigenvalue weighted by atomic mass is 19.1. The normalized spacial score (nSPS) is 13.1. The van der Waals surface area contributed by atoms with E-state index in [1.807, 2.05) is 42.5 Å². The molecule has 2 atom stereocenters. The van der Waals surface area contributed by atoms with E-state index in [9.17, 15) is 4.79 Å². The van der Waals surface area contributed by atoms with Crippen LogP contribution in [-0.2, 0) is 11.3 Å². The summed E-state index contributed by atoms with van der Waals surface area (Å²) >= 11 is 0. The van der Waals surface area contributed by atoms with Crippen molar-refractivity contribution in [1.82, 2.24) is 14.8 Å². The molecule has 1 heterocycles. The number of hydrogen-bond acceptors (Lipinski definition) is 2. The van der Waals surface area contributed by atoms with Crippen molar-refractivity contribution in [2.24, 2.45) is 0 Å². The van der Waals surface area contributed by atoms with E-state index in [2.05, 4.69) is 66.0 Å². The fraction of sp³-hybridized carbons (Fsp3) is 0.364. The molecule has 200 valence electrons. The highest BCUT2D eigenvalue weighted by molar-refractivity contribution is 5.87. The van der Waals surface area contributed by atoms with Crippen molar-refractivity contribution in [3.05, 3.63) is 108 Å². The van der Waals surface area contributed by atoms with E-state index in [0.717, 1.165) is 48.9 Å². The van der Waals surface area contributed by atoms with Gasteiger partial charge in [-0.15, -0.1) is 0 Å². The van der Waals surface area contributed by atoms with Gasteiger partial charge in [-0.25, -0.2) is 4.39 Å². The lowest BCUT2D eigenvalue weighted by Crippen LogP contribution is -2.34. The molecule has 1 amide bonds. The molecule has 1 aromatic heterocycles. The molecule has 4 rings (SSSR count). The van der Waals surface area contributed by atoms with Crippen LogP contribution < -0.4 is 5.32 Å². The number of carbonyl (C=O) groups excluding carboxylic acids is 1. The standard InChI is InChI=1S/C33H40FN3O/c1-4-36(5-2)21-13-14-25(3)35-33(38)22-29(27-17-9-11-19-31(27)34)30-24-37(23-26-15-7-6-8-16-26)32-20-12-10-18-28(30)32/h6-12,15-20,24-25,29H,4-5,13-14,21-23H2,1-3H3,(H,35,38). The summed E-state index contributed by atoms with van der Waals surface area (Å²) in [7, 11) is 0. The van der Waals surface area contributed by atoms with Crippen LogP contribution >= 0.6 is 0 Å². The summed E-state index contributed by atoms with van der Waals surface area (Å²) < 4.78 is 17.4. The van der Waals surface area contributed by atoms with Gasteiger partial charge in [0.1, 0.15) is 5.82 Å². The number of fused-ring (bicyclic) bond motifs is 1. The Hall–Kier alpha value is -3.44. The highest BCUT2D eigenvalue weighted by Gasteiger charge is 2.25. The number of para-hydroxylation sites is 1. The first-order valence-corrected chi connectivity index (χ1v) is 13.9. The molecular formula is C33H40FN3O. The molecule has 0 aliphatic heterocycles. The molecule has 0 radical (unpaired) electrons. The molecule has 0 spiro atoms. The van der Waals surface area contributed by atoms with Crippen molar-refractivity contribution in [1.29, 1.82) is 0 Å². The molecule has 5 heteroatoms. The molecule has 1 N–H and O–H groups in total. The monoisotopic (exact) mass is 513 g/mol. The number of halogens is 1. The van der Waals surface area contributed by atoms with Crippen molar-refractivity contribution < 1.29 is 9.18 Å². The Balaban J connectivity index is 1.59. The quantitative estimate of drug-likeness (QED) is 0.209. The van der Waals surface area contributed by atoms with E-state index in [1.165, 1.54) is 11.6 Å². The minimum absolute atomic E-state index is 0.0477. The zero-order valence-electron chi connectivity index (χ0n) is 22.9. The zero-order chi connectivity index (χ0) is 26.9. The van der Waals surface area contributed by atoms with Crippen molar-refractivity contribution >= 4 is 16.8 Å². The molecular weight excluding hydrogens is 473 g/mol. The Morgan fingerprint density at radius 2 is 1.61 bits per heavy atom. The summed E-state index contributed by atoms with van der Waals surface area (Å²) in [4.78, 5) is 15.7. The molecule has 0 aliphatic rings. The van der Waals surface area contributed by atoms with Gasteiger partial charge in [-0.1, -0.05) is 80.6 Å². The minimum Gasteiger partial charge on any atom is -0.354 e. The third kappa shape index (κ3) is 6.90. The highest BCUT2D eigenvalue weighted by Crippen LogP contribution is 2.36. The number of nitrogens with zero attached hydrogens (tertiary/aromatic N) is 2. The van der Waals surface area contributed by atoms with E-state index in [1.54, 1.807) is 6.07 Å². The van der Waals surface area contributed by atoms with Gasteiger partial charge in [-0.05, 0) is 68.2 Å². The fourth-order valence-electron chi connectivity index (χ4n) is 5.36. The van der Waals surface area contributed by atoms with E-state index in [4.69, 9.17) is 0 Å². The minimum atomic E-state index is -0.388. The van der Waals surface area contributed by atoms with Crippen molar-refractivity contribution in [2.75, 3.05) is 19.6 Å². The average molecular weight is 514 g/mol. The Bertz CT molecular complexity index is 1310. The summed E-state index contributed by atoms with van der Waals surface area (Å²) in [6, 6.07) is 25.4. The second-order valence-electron chi connectivity index (χ2n) is 10.1. The number of rotatable bonds is 13. The Kier molecular flexibility index (Phi) is 9.72. The van der Waals surface area contributed by atoms with Gasteiger partial charge in [-0.2, -0.15) is 0 Å². The van der Waals surface area contributed by atoms with E-state index in [-0.39, 0.29) is 30.1 Å². The molecule has 0 bridgehead atoms.